The molecule has 2 aromatic carbocycles. The quantitative estimate of drug-likeness (QED) is 0.310. The van der Waals surface area contributed by atoms with Gasteiger partial charge in [0.05, 0.1) is 29.8 Å². The van der Waals surface area contributed by atoms with Gasteiger partial charge in [0.25, 0.3) is 0 Å². The molecule has 0 aliphatic rings. The third-order valence-corrected chi connectivity index (χ3v) is 5.01. The minimum Gasteiger partial charge on any atom is -0.490 e. The number of carboxylic acid groups (broad SMARTS) is 1. The second kappa shape index (κ2) is 11.0. The summed E-state index contributed by atoms with van der Waals surface area (Å²) in [6, 6.07) is 16.5. The number of carboxylic acids is 1. The highest BCUT2D eigenvalue weighted by Crippen LogP contribution is 2.23. The Labute approximate surface area is 192 Å². The number of para-hydroxylation sites is 1. The van der Waals surface area contributed by atoms with Gasteiger partial charge < -0.3 is 19.9 Å². The van der Waals surface area contributed by atoms with Gasteiger partial charge in [-0.05, 0) is 55.3 Å². The number of anilines is 1. The van der Waals surface area contributed by atoms with Gasteiger partial charge >= 0.3 is 11.8 Å². The third kappa shape index (κ3) is 6.46. The summed E-state index contributed by atoms with van der Waals surface area (Å²) in [6.45, 7) is 4.15. The van der Waals surface area contributed by atoms with Gasteiger partial charge in [0, 0.05) is 10.3 Å². The number of aromatic nitrogens is 1. The number of ether oxygens (including phenoxy) is 2. The summed E-state index contributed by atoms with van der Waals surface area (Å²) in [7, 11) is 0. The van der Waals surface area contributed by atoms with Gasteiger partial charge in [-0.3, -0.25) is 10.0 Å². The standard InChI is InChI=1S/C25H26N2O6/c1-3-18(4-2)32-19-10-12-20(13-11-19)33-24-14-9-17(16-27(24)31)15-23(28)26-22-8-6-5-7-21(22)25(29)30/h5-14,16,18H,3-4,15H2,1-2H3,(H2-,26,28,29,30,31)/p+1. The molecule has 1 heterocycles. The average Bonchev–Trinajstić information content (AvgIpc) is 2.80. The summed E-state index contributed by atoms with van der Waals surface area (Å²) in [5.74, 6) is -0.102. The molecule has 0 atom stereocenters. The van der Waals surface area contributed by atoms with Crippen LogP contribution in [-0.4, -0.2) is 28.3 Å². The van der Waals surface area contributed by atoms with Crippen LogP contribution in [0.2, 0.25) is 0 Å². The van der Waals surface area contributed by atoms with Crippen molar-refractivity contribution in [3.63, 3.8) is 0 Å². The van der Waals surface area contributed by atoms with Gasteiger partial charge in [0.1, 0.15) is 11.5 Å². The molecule has 0 saturated heterocycles. The zero-order chi connectivity index (χ0) is 23.8. The van der Waals surface area contributed by atoms with Gasteiger partial charge in [-0.15, -0.1) is 0 Å². The Balaban J connectivity index is 1.62. The van der Waals surface area contributed by atoms with Crippen LogP contribution >= 0.6 is 0 Å². The van der Waals surface area contributed by atoms with E-state index in [9.17, 15) is 19.9 Å². The fourth-order valence-corrected chi connectivity index (χ4v) is 3.22. The molecule has 3 aromatic rings. The molecule has 0 spiro atoms. The lowest BCUT2D eigenvalue weighted by Crippen LogP contribution is -2.32. The lowest BCUT2D eigenvalue weighted by Gasteiger charge is -2.15. The van der Waals surface area contributed by atoms with Gasteiger partial charge in [-0.1, -0.05) is 26.0 Å². The van der Waals surface area contributed by atoms with E-state index in [-0.39, 0.29) is 29.7 Å². The summed E-state index contributed by atoms with van der Waals surface area (Å²) < 4.78 is 12.4. The van der Waals surface area contributed by atoms with E-state index in [0.29, 0.717) is 11.3 Å². The predicted octanol–water partition coefficient (Wildman–Crippen LogP) is 4.45. The summed E-state index contributed by atoms with van der Waals surface area (Å²) in [4.78, 5) is 23.6. The minimum absolute atomic E-state index is 0.00291. The number of amides is 1. The van der Waals surface area contributed by atoms with E-state index < -0.39 is 11.9 Å². The number of hydrogen-bond donors (Lipinski definition) is 3. The van der Waals surface area contributed by atoms with E-state index in [0.717, 1.165) is 23.3 Å². The van der Waals surface area contributed by atoms with Crippen LogP contribution < -0.4 is 19.5 Å². The molecular formula is C25H27N2O6+. The molecule has 3 N–H and O–H groups in total. The van der Waals surface area contributed by atoms with Crippen molar-refractivity contribution in [1.29, 1.82) is 0 Å². The van der Waals surface area contributed by atoms with E-state index in [1.807, 2.05) is 12.1 Å². The first kappa shape index (κ1) is 23.6. The fraction of sp³-hybridized carbons (Fsp3) is 0.240. The van der Waals surface area contributed by atoms with Gasteiger partial charge in [0.2, 0.25) is 12.1 Å². The fourth-order valence-electron chi connectivity index (χ4n) is 3.22. The molecule has 0 aliphatic heterocycles. The van der Waals surface area contributed by atoms with Crippen LogP contribution in [0, 0.1) is 0 Å². The zero-order valence-corrected chi connectivity index (χ0v) is 18.5. The van der Waals surface area contributed by atoms with Crippen LogP contribution in [0.1, 0.15) is 42.6 Å². The van der Waals surface area contributed by atoms with Crippen molar-refractivity contribution in [3.8, 4) is 17.4 Å². The number of benzene rings is 2. The molecule has 0 saturated carbocycles. The molecule has 33 heavy (non-hydrogen) atoms. The molecule has 0 unspecified atom stereocenters. The summed E-state index contributed by atoms with van der Waals surface area (Å²) in [5.41, 5.74) is 0.732. The lowest BCUT2D eigenvalue weighted by atomic mass is 10.1. The first-order chi connectivity index (χ1) is 15.9. The maximum atomic E-state index is 12.4. The Kier molecular flexibility index (Phi) is 7.86. The van der Waals surface area contributed by atoms with E-state index in [4.69, 9.17) is 9.47 Å². The van der Waals surface area contributed by atoms with Crippen molar-refractivity contribution in [2.75, 3.05) is 5.32 Å². The Morgan fingerprint density at radius 2 is 1.64 bits per heavy atom. The largest absolute Gasteiger partial charge is 0.490 e. The molecule has 0 fully saturated rings. The van der Waals surface area contributed by atoms with Crippen LogP contribution in [0.15, 0.2) is 66.9 Å². The monoisotopic (exact) mass is 451 g/mol. The summed E-state index contributed by atoms with van der Waals surface area (Å²) >= 11 is 0. The first-order valence-corrected chi connectivity index (χ1v) is 10.7. The van der Waals surface area contributed by atoms with E-state index in [2.05, 4.69) is 19.2 Å². The van der Waals surface area contributed by atoms with Gasteiger partial charge in [-0.2, -0.15) is 0 Å². The molecule has 8 heteroatoms. The SMILES string of the molecule is CCC(CC)Oc1ccc(Oc2ccc(CC(=O)Nc3ccccc3C(=O)O)c[n+]2O)cc1. The normalized spacial score (nSPS) is 10.6. The van der Waals surface area contributed by atoms with Crippen molar-refractivity contribution in [1.82, 2.24) is 0 Å². The molecule has 0 aliphatic carbocycles. The molecule has 3 rings (SSSR count). The van der Waals surface area contributed by atoms with Crippen molar-refractivity contribution in [3.05, 3.63) is 78.0 Å². The first-order valence-electron chi connectivity index (χ1n) is 10.7. The highest BCUT2D eigenvalue weighted by atomic mass is 16.6. The van der Waals surface area contributed by atoms with E-state index in [1.54, 1.807) is 36.4 Å². The summed E-state index contributed by atoms with van der Waals surface area (Å²) in [6.07, 6.45) is 3.32. The molecular weight excluding hydrogens is 424 g/mol. The smallest absolute Gasteiger partial charge is 0.422 e. The minimum atomic E-state index is -1.13. The Morgan fingerprint density at radius 1 is 0.970 bits per heavy atom. The zero-order valence-electron chi connectivity index (χ0n) is 18.5. The molecule has 0 bridgehead atoms. The molecule has 0 radical (unpaired) electrons. The second-order valence-electron chi connectivity index (χ2n) is 7.43. The number of rotatable bonds is 10. The van der Waals surface area contributed by atoms with Crippen LogP contribution in [-0.2, 0) is 11.2 Å². The van der Waals surface area contributed by atoms with E-state index in [1.165, 1.54) is 18.3 Å². The van der Waals surface area contributed by atoms with Crippen molar-refractivity contribution >= 4 is 17.6 Å². The van der Waals surface area contributed by atoms with E-state index >= 15 is 0 Å². The Bertz CT molecular complexity index is 1110. The third-order valence-electron chi connectivity index (χ3n) is 5.01. The number of nitrogens with one attached hydrogen (secondary N) is 1. The maximum Gasteiger partial charge on any atom is 0.422 e. The highest BCUT2D eigenvalue weighted by Gasteiger charge is 2.17. The Morgan fingerprint density at radius 3 is 2.27 bits per heavy atom. The maximum absolute atomic E-state index is 12.4. The van der Waals surface area contributed by atoms with Crippen molar-refractivity contribution < 1.29 is 34.1 Å². The molecule has 1 amide bonds. The Hall–Kier alpha value is -4.07. The number of carbonyl (C=O) groups excluding carboxylic acids is 1. The molecule has 8 nitrogen and oxygen atoms in total. The average molecular weight is 451 g/mol. The van der Waals surface area contributed by atoms with Crippen molar-refractivity contribution in [2.24, 2.45) is 0 Å². The predicted molar refractivity (Wildman–Crippen MR) is 121 cm³/mol. The number of aromatic carboxylic acids is 1. The topological polar surface area (TPSA) is 109 Å². The second-order valence-corrected chi connectivity index (χ2v) is 7.43. The van der Waals surface area contributed by atoms with Crippen molar-refractivity contribution in [2.45, 2.75) is 39.2 Å². The lowest BCUT2D eigenvalue weighted by molar-refractivity contribution is -0.906. The number of hydrogen-bond acceptors (Lipinski definition) is 5. The summed E-state index contributed by atoms with van der Waals surface area (Å²) in [5, 5.41) is 22.1. The van der Waals surface area contributed by atoms with Crippen LogP contribution in [0.4, 0.5) is 5.69 Å². The van der Waals surface area contributed by atoms with Crippen LogP contribution in [0.3, 0.4) is 0 Å². The number of carbonyl (C=O) groups is 2. The highest BCUT2D eigenvalue weighted by molar-refractivity contribution is 6.00. The van der Waals surface area contributed by atoms with Crippen LogP contribution in [0.25, 0.3) is 0 Å². The molecule has 172 valence electrons. The number of nitrogens with zero attached hydrogens (tertiary/aromatic N) is 1. The van der Waals surface area contributed by atoms with Crippen LogP contribution in [0.5, 0.6) is 17.4 Å². The van der Waals surface area contributed by atoms with Gasteiger partial charge in [0.15, 0.2) is 0 Å². The van der Waals surface area contributed by atoms with Gasteiger partial charge in [-0.25, -0.2) is 4.79 Å². The number of pyridine rings is 1. The molecule has 1 aromatic heterocycles.